The van der Waals surface area contributed by atoms with Crippen LogP contribution in [0.4, 0.5) is 0 Å². The summed E-state index contributed by atoms with van der Waals surface area (Å²) in [6.07, 6.45) is 4.80. The highest BCUT2D eigenvalue weighted by molar-refractivity contribution is 5.72. The number of hydrogen-bond donors (Lipinski definition) is 0. The smallest absolute Gasteiger partial charge is 0.310 e. The maximum atomic E-state index is 11.5. The molecule has 2 aromatic rings. The minimum Gasteiger partial charge on any atom is -0.469 e. The summed E-state index contributed by atoms with van der Waals surface area (Å²) in [5.74, 6) is -0.0864. The molecule has 0 saturated carbocycles. The number of carbonyl (C=O) groups is 1. The second-order valence-electron chi connectivity index (χ2n) is 5.37. The summed E-state index contributed by atoms with van der Waals surface area (Å²) < 4.78 is 6.69. The lowest BCUT2D eigenvalue weighted by Gasteiger charge is -2.13. The summed E-state index contributed by atoms with van der Waals surface area (Å²) in [4.78, 5) is 13.8. The first kappa shape index (κ1) is 13.8. The van der Waals surface area contributed by atoms with Crippen LogP contribution in [0.25, 0.3) is 5.69 Å². The Bertz CT molecular complexity index is 609. The Balaban J connectivity index is 1.62. The summed E-state index contributed by atoms with van der Waals surface area (Å²) in [5.41, 5.74) is 2.21. The van der Waals surface area contributed by atoms with Crippen LogP contribution in [0.1, 0.15) is 12.0 Å². The number of ether oxygens (including phenoxy) is 1. The first-order chi connectivity index (χ1) is 10.3. The zero-order valence-electron chi connectivity index (χ0n) is 12.1. The third-order valence-electron chi connectivity index (χ3n) is 3.87. The zero-order valence-corrected chi connectivity index (χ0v) is 12.1. The summed E-state index contributed by atoms with van der Waals surface area (Å²) in [6, 6.07) is 10.0. The molecule has 0 radical (unpaired) electrons. The molecule has 1 fully saturated rings. The molecule has 5 heteroatoms. The fourth-order valence-corrected chi connectivity index (χ4v) is 2.76. The molecule has 3 rings (SSSR count). The van der Waals surface area contributed by atoms with Crippen molar-refractivity contribution in [1.29, 1.82) is 0 Å². The van der Waals surface area contributed by atoms with Gasteiger partial charge in [0.1, 0.15) is 0 Å². The molecule has 0 N–H and O–H groups in total. The van der Waals surface area contributed by atoms with E-state index in [0.717, 1.165) is 37.3 Å². The lowest BCUT2D eigenvalue weighted by molar-refractivity contribution is -0.144. The predicted octanol–water partition coefficient (Wildman–Crippen LogP) is 1.87. The Morgan fingerprint density at radius 3 is 2.95 bits per heavy atom. The molecule has 1 aliphatic heterocycles. The molecule has 0 amide bonds. The summed E-state index contributed by atoms with van der Waals surface area (Å²) in [5, 5.41) is 4.40. The van der Waals surface area contributed by atoms with Crippen LogP contribution in [-0.4, -0.2) is 40.8 Å². The summed E-state index contributed by atoms with van der Waals surface area (Å²) in [7, 11) is 1.45. The number of nitrogens with zero attached hydrogens (tertiary/aromatic N) is 3. The Morgan fingerprint density at radius 2 is 2.19 bits per heavy atom. The first-order valence-electron chi connectivity index (χ1n) is 7.15. The predicted molar refractivity (Wildman–Crippen MR) is 79.0 cm³/mol. The van der Waals surface area contributed by atoms with E-state index in [-0.39, 0.29) is 11.9 Å². The number of para-hydroxylation sites is 1. The molecule has 1 aromatic carbocycles. The van der Waals surface area contributed by atoms with Crippen molar-refractivity contribution in [3.63, 3.8) is 0 Å². The van der Waals surface area contributed by atoms with E-state index in [9.17, 15) is 4.79 Å². The lowest BCUT2D eigenvalue weighted by atomic mass is 10.1. The molecule has 1 aliphatic rings. The highest BCUT2D eigenvalue weighted by Crippen LogP contribution is 2.20. The van der Waals surface area contributed by atoms with Crippen LogP contribution in [-0.2, 0) is 16.1 Å². The van der Waals surface area contributed by atoms with Crippen molar-refractivity contribution < 1.29 is 9.53 Å². The van der Waals surface area contributed by atoms with E-state index in [1.807, 2.05) is 47.4 Å². The Labute approximate surface area is 124 Å². The fraction of sp³-hybridized carbons (Fsp3) is 0.375. The van der Waals surface area contributed by atoms with Crippen LogP contribution < -0.4 is 0 Å². The molecule has 1 aromatic heterocycles. The van der Waals surface area contributed by atoms with Crippen molar-refractivity contribution in [2.75, 3.05) is 20.2 Å². The number of hydrogen-bond acceptors (Lipinski definition) is 4. The molecule has 21 heavy (non-hydrogen) atoms. The minimum atomic E-state index is -0.0996. The number of methoxy groups -OCH3 is 1. The Kier molecular flexibility index (Phi) is 4.01. The van der Waals surface area contributed by atoms with Gasteiger partial charge in [-0.25, -0.2) is 4.68 Å². The van der Waals surface area contributed by atoms with E-state index in [2.05, 4.69) is 10.00 Å². The lowest BCUT2D eigenvalue weighted by Crippen LogP contribution is -2.23. The average Bonchev–Trinajstić information content (AvgIpc) is 3.17. The highest BCUT2D eigenvalue weighted by atomic mass is 16.5. The molecule has 1 atom stereocenters. The fourth-order valence-electron chi connectivity index (χ4n) is 2.76. The number of likely N-dealkylation sites (tertiary alicyclic amines) is 1. The van der Waals surface area contributed by atoms with Gasteiger partial charge in [0.25, 0.3) is 0 Å². The van der Waals surface area contributed by atoms with E-state index in [1.54, 1.807) is 0 Å². The van der Waals surface area contributed by atoms with Gasteiger partial charge in [-0.2, -0.15) is 5.10 Å². The van der Waals surface area contributed by atoms with Gasteiger partial charge in [0.15, 0.2) is 0 Å². The molecule has 0 bridgehead atoms. The summed E-state index contributed by atoms with van der Waals surface area (Å²) in [6.45, 7) is 2.51. The molecule has 1 unspecified atom stereocenters. The average molecular weight is 285 g/mol. The monoisotopic (exact) mass is 285 g/mol. The topological polar surface area (TPSA) is 47.4 Å². The third kappa shape index (κ3) is 3.13. The van der Waals surface area contributed by atoms with Gasteiger partial charge in [-0.1, -0.05) is 18.2 Å². The van der Waals surface area contributed by atoms with E-state index in [1.165, 1.54) is 7.11 Å². The number of rotatable bonds is 4. The van der Waals surface area contributed by atoms with Gasteiger partial charge in [-0.15, -0.1) is 0 Å². The third-order valence-corrected chi connectivity index (χ3v) is 3.87. The standard InChI is InChI=1S/C16H19N3O2/c1-21-16(20)14-7-8-18(12-14)10-13-9-17-19(11-13)15-5-3-2-4-6-15/h2-6,9,11,14H,7-8,10,12H2,1H3. The molecule has 110 valence electrons. The van der Waals surface area contributed by atoms with E-state index in [0.29, 0.717) is 0 Å². The molecule has 1 saturated heterocycles. The van der Waals surface area contributed by atoms with Crippen molar-refractivity contribution in [2.45, 2.75) is 13.0 Å². The minimum absolute atomic E-state index is 0.0131. The zero-order chi connectivity index (χ0) is 14.7. The van der Waals surface area contributed by atoms with Gasteiger partial charge in [0.2, 0.25) is 0 Å². The molecule has 0 spiro atoms. The van der Waals surface area contributed by atoms with E-state index >= 15 is 0 Å². The van der Waals surface area contributed by atoms with Crippen molar-refractivity contribution in [3.8, 4) is 5.69 Å². The Hall–Kier alpha value is -2.14. The maximum absolute atomic E-state index is 11.5. The summed E-state index contributed by atoms with van der Waals surface area (Å²) >= 11 is 0. The van der Waals surface area contributed by atoms with Crippen LogP contribution in [0.3, 0.4) is 0 Å². The normalized spacial score (nSPS) is 18.8. The first-order valence-corrected chi connectivity index (χ1v) is 7.15. The number of benzene rings is 1. The molecule has 0 aliphatic carbocycles. The van der Waals surface area contributed by atoms with Crippen molar-refractivity contribution in [3.05, 3.63) is 48.3 Å². The van der Waals surface area contributed by atoms with Gasteiger partial charge in [0.05, 0.1) is 24.9 Å². The number of esters is 1. The van der Waals surface area contributed by atoms with Gasteiger partial charge >= 0.3 is 5.97 Å². The quantitative estimate of drug-likeness (QED) is 0.805. The molecular weight excluding hydrogens is 266 g/mol. The van der Waals surface area contributed by atoms with Gasteiger partial charge in [-0.3, -0.25) is 9.69 Å². The second kappa shape index (κ2) is 6.10. The molecular formula is C16H19N3O2. The van der Waals surface area contributed by atoms with E-state index < -0.39 is 0 Å². The van der Waals surface area contributed by atoms with Crippen LogP contribution in [0.15, 0.2) is 42.7 Å². The van der Waals surface area contributed by atoms with Crippen molar-refractivity contribution in [2.24, 2.45) is 5.92 Å². The molecule has 5 nitrogen and oxygen atoms in total. The van der Waals surface area contributed by atoms with Crippen molar-refractivity contribution in [1.82, 2.24) is 14.7 Å². The van der Waals surface area contributed by atoms with Crippen LogP contribution in [0, 0.1) is 5.92 Å². The van der Waals surface area contributed by atoms with Crippen LogP contribution >= 0.6 is 0 Å². The van der Waals surface area contributed by atoms with Gasteiger partial charge in [-0.05, 0) is 25.1 Å². The van der Waals surface area contributed by atoms with E-state index in [4.69, 9.17) is 4.74 Å². The maximum Gasteiger partial charge on any atom is 0.310 e. The number of aromatic nitrogens is 2. The SMILES string of the molecule is COC(=O)C1CCN(Cc2cnn(-c3ccccc3)c2)C1. The molecule has 2 heterocycles. The van der Waals surface area contributed by atoms with Crippen LogP contribution in [0.2, 0.25) is 0 Å². The van der Waals surface area contributed by atoms with Crippen LogP contribution in [0.5, 0.6) is 0 Å². The largest absolute Gasteiger partial charge is 0.469 e. The second-order valence-corrected chi connectivity index (χ2v) is 5.37. The Morgan fingerprint density at radius 1 is 1.38 bits per heavy atom. The van der Waals surface area contributed by atoms with Crippen molar-refractivity contribution >= 4 is 5.97 Å². The van der Waals surface area contributed by atoms with Gasteiger partial charge < -0.3 is 4.74 Å². The van der Waals surface area contributed by atoms with Gasteiger partial charge in [0, 0.05) is 24.8 Å². The highest BCUT2D eigenvalue weighted by Gasteiger charge is 2.28. The number of carbonyl (C=O) groups excluding carboxylic acids is 1.